The lowest BCUT2D eigenvalue weighted by atomic mass is 9.69. The third-order valence-electron chi connectivity index (χ3n) is 4.92. The van der Waals surface area contributed by atoms with Crippen LogP contribution >= 0.6 is 0 Å². The van der Waals surface area contributed by atoms with E-state index >= 15 is 0 Å². The van der Waals surface area contributed by atoms with Crippen LogP contribution in [-0.4, -0.2) is 19.1 Å². The molecule has 3 heteroatoms. The molecule has 3 nitrogen and oxygen atoms in total. The van der Waals surface area contributed by atoms with Gasteiger partial charge in [0, 0.05) is 17.9 Å². The molecule has 1 amide bonds. The van der Waals surface area contributed by atoms with Gasteiger partial charge in [0.15, 0.2) is 0 Å². The second-order valence-corrected chi connectivity index (χ2v) is 5.96. The number of fused-ring (bicyclic) bond motifs is 1. The molecule has 108 valence electrons. The topological polar surface area (TPSA) is 38.3 Å². The summed E-state index contributed by atoms with van der Waals surface area (Å²) in [6.45, 7) is 3.50. The summed E-state index contributed by atoms with van der Waals surface area (Å²) in [7, 11) is 0. The van der Waals surface area contributed by atoms with Crippen molar-refractivity contribution < 1.29 is 9.53 Å². The van der Waals surface area contributed by atoms with E-state index in [1.807, 2.05) is 13.0 Å². The number of carbonyl (C=O) groups is 1. The molecule has 1 N–H and O–H groups in total. The Bertz CT molecular complexity index is 500. The average Bonchev–Trinajstić information content (AvgIpc) is 2.83. The van der Waals surface area contributed by atoms with Crippen molar-refractivity contribution in [3.8, 4) is 5.75 Å². The lowest BCUT2D eigenvalue weighted by Gasteiger charge is -2.33. The van der Waals surface area contributed by atoms with E-state index in [2.05, 4.69) is 23.5 Å². The third-order valence-corrected chi connectivity index (χ3v) is 4.92. The van der Waals surface area contributed by atoms with Gasteiger partial charge >= 0.3 is 0 Å². The maximum Gasteiger partial charge on any atom is 0.224 e. The molecule has 2 atom stereocenters. The molecule has 1 saturated carbocycles. The highest BCUT2D eigenvalue weighted by Crippen LogP contribution is 2.50. The molecule has 2 unspecified atom stereocenters. The van der Waals surface area contributed by atoms with Crippen LogP contribution in [-0.2, 0) is 10.2 Å². The van der Waals surface area contributed by atoms with Gasteiger partial charge < -0.3 is 10.1 Å². The van der Waals surface area contributed by atoms with Gasteiger partial charge in [0.25, 0.3) is 0 Å². The van der Waals surface area contributed by atoms with Gasteiger partial charge in [-0.05, 0) is 50.3 Å². The van der Waals surface area contributed by atoms with Crippen LogP contribution in [0, 0.1) is 5.92 Å². The van der Waals surface area contributed by atoms with Crippen LogP contribution < -0.4 is 10.1 Å². The number of benzene rings is 1. The molecule has 1 aliphatic carbocycles. The molecule has 1 heterocycles. The van der Waals surface area contributed by atoms with Gasteiger partial charge in [-0.1, -0.05) is 18.6 Å². The predicted molar refractivity (Wildman–Crippen MR) is 78.9 cm³/mol. The number of hydrogen-bond donors (Lipinski definition) is 1. The van der Waals surface area contributed by atoms with Gasteiger partial charge in [-0.15, -0.1) is 0 Å². The molecule has 3 rings (SSSR count). The minimum absolute atomic E-state index is 0.0354. The summed E-state index contributed by atoms with van der Waals surface area (Å²) in [5.41, 5.74) is 1.33. The smallest absolute Gasteiger partial charge is 0.224 e. The SMILES string of the molecule is CCOc1cccc(C23CCCNC(=O)C2CCC3)c1. The van der Waals surface area contributed by atoms with Crippen molar-refractivity contribution in [2.75, 3.05) is 13.2 Å². The minimum atomic E-state index is 0.0354. The molecule has 1 aromatic rings. The van der Waals surface area contributed by atoms with Gasteiger partial charge in [0.2, 0.25) is 5.91 Å². The standard InChI is InChI=1S/C17H23NO2/c1-2-20-14-7-3-6-13(12-14)17-9-4-8-15(17)16(19)18-11-5-10-17/h3,6-7,12,15H,2,4-5,8-11H2,1H3,(H,18,19). The normalized spacial score (nSPS) is 29.4. The van der Waals surface area contributed by atoms with E-state index in [-0.39, 0.29) is 17.2 Å². The Hall–Kier alpha value is -1.51. The van der Waals surface area contributed by atoms with E-state index in [4.69, 9.17) is 4.74 Å². The van der Waals surface area contributed by atoms with Crippen LogP contribution in [0.15, 0.2) is 24.3 Å². The molecule has 2 aliphatic rings. The van der Waals surface area contributed by atoms with Crippen molar-refractivity contribution in [2.45, 2.75) is 44.4 Å². The van der Waals surface area contributed by atoms with Crippen molar-refractivity contribution in [1.82, 2.24) is 5.32 Å². The van der Waals surface area contributed by atoms with E-state index in [0.29, 0.717) is 6.61 Å². The fourth-order valence-electron chi connectivity index (χ4n) is 4.04. The van der Waals surface area contributed by atoms with Gasteiger partial charge in [-0.3, -0.25) is 4.79 Å². The fourth-order valence-corrected chi connectivity index (χ4v) is 4.04. The van der Waals surface area contributed by atoms with Crippen molar-refractivity contribution in [2.24, 2.45) is 5.92 Å². The first kappa shape index (κ1) is 13.5. The van der Waals surface area contributed by atoms with Crippen LogP contribution in [0.3, 0.4) is 0 Å². The zero-order chi connectivity index (χ0) is 14.0. The number of amides is 1. The molecule has 1 saturated heterocycles. The lowest BCUT2D eigenvalue weighted by Crippen LogP contribution is -2.38. The first-order valence-corrected chi connectivity index (χ1v) is 7.77. The number of nitrogens with one attached hydrogen (secondary N) is 1. The molecule has 2 fully saturated rings. The quantitative estimate of drug-likeness (QED) is 0.919. The highest BCUT2D eigenvalue weighted by molar-refractivity contribution is 5.81. The molecule has 20 heavy (non-hydrogen) atoms. The van der Waals surface area contributed by atoms with Gasteiger partial charge in [-0.2, -0.15) is 0 Å². The number of ether oxygens (including phenoxy) is 1. The average molecular weight is 273 g/mol. The molecule has 0 bridgehead atoms. The van der Waals surface area contributed by atoms with Crippen LogP contribution in [0.4, 0.5) is 0 Å². The molecule has 0 radical (unpaired) electrons. The van der Waals surface area contributed by atoms with Gasteiger partial charge in [0.1, 0.15) is 5.75 Å². The van der Waals surface area contributed by atoms with E-state index in [0.717, 1.165) is 44.4 Å². The Morgan fingerprint density at radius 1 is 1.35 bits per heavy atom. The second kappa shape index (κ2) is 5.47. The molecular formula is C17H23NO2. The summed E-state index contributed by atoms with van der Waals surface area (Å²) in [6, 6.07) is 8.40. The number of hydrogen-bond acceptors (Lipinski definition) is 2. The van der Waals surface area contributed by atoms with E-state index in [1.165, 1.54) is 5.56 Å². The largest absolute Gasteiger partial charge is 0.494 e. The Labute approximate surface area is 120 Å². The van der Waals surface area contributed by atoms with E-state index in [9.17, 15) is 4.79 Å². The summed E-state index contributed by atoms with van der Waals surface area (Å²) in [4.78, 5) is 12.3. The monoisotopic (exact) mass is 273 g/mol. The maximum absolute atomic E-state index is 12.3. The fraction of sp³-hybridized carbons (Fsp3) is 0.588. The summed E-state index contributed by atoms with van der Waals surface area (Å²) >= 11 is 0. The zero-order valence-electron chi connectivity index (χ0n) is 12.2. The maximum atomic E-state index is 12.3. The Balaban J connectivity index is 2.00. The van der Waals surface area contributed by atoms with Crippen LogP contribution in [0.5, 0.6) is 5.75 Å². The van der Waals surface area contributed by atoms with Gasteiger partial charge in [-0.25, -0.2) is 0 Å². The van der Waals surface area contributed by atoms with E-state index in [1.54, 1.807) is 0 Å². The van der Waals surface area contributed by atoms with Crippen molar-refractivity contribution in [3.05, 3.63) is 29.8 Å². The lowest BCUT2D eigenvalue weighted by molar-refractivity contribution is -0.125. The molecule has 0 aromatic heterocycles. The summed E-state index contributed by atoms with van der Waals surface area (Å²) in [5, 5.41) is 3.08. The minimum Gasteiger partial charge on any atom is -0.494 e. The Morgan fingerprint density at radius 3 is 3.05 bits per heavy atom. The first-order chi connectivity index (χ1) is 9.76. The zero-order valence-corrected chi connectivity index (χ0v) is 12.2. The predicted octanol–water partition coefficient (Wildman–Crippen LogP) is 3.03. The molecule has 0 spiro atoms. The first-order valence-electron chi connectivity index (χ1n) is 7.77. The van der Waals surface area contributed by atoms with Gasteiger partial charge in [0.05, 0.1) is 6.61 Å². The molecular weight excluding hydrogens is 250 g/mol. The summed E-state index contributed by atoms with van der Waals surface area (Å²) in [6.07, 6.45) is 5.47. The van der Waals surface area contributed by atoms with Crippen LogP contribution in [0.25, 0.3) is 0 Å². The highest BCUT2D eigenvalue weighted by Gasteiger charge is 2.48. The third kappa shape index (κ3) is 2.19. The Morgan fingerprint density at radius 2 is 2.20 bits per heavy atom. The Kier molecular flexibility index (Phi) is 3.68. The number of rotatable bonds is 3. The summed E-state index contributed by atoms with van der Waals surface area (Å²) in [5.74, 6) is 1.32. The van der Waals surface area contributed by atoms with Crippen LogP contribution in [0.2, 0.25) is 0 Å². The highest BCUT2D eigenvalue weighted by atomic mass is 16.5. The second-order valence-electron chi connectivity index (χ2n) is 5.96. The molecule has 1 aliphatic heterocycles. The number of carbonyl (C=O) groups excluding carboxylic acids is 1. The van der Waals surface area contributed by atoms with Crippen molar-refractivity contribution >= 4 is 5.91 Å². The van der Waals surface area contributed by atoms with Crippen molar-refractivity contribution in [3.63, 3.8) is 0 Å². The van der Waals surface area contributed by atoms with Crippen molar-refractivity contribution in [1.29, 1.82) is 0 Å². The summed E-state index contributed by atoms with van der Waals surface area (Å²) < 4.78 is 5.64. The molecule has 1 aromatic carbocycles. The van der Waals surface area contributed by atoms with Crippen LogP contribution in [0.1, 0.15) is 44.6 Å². The van der Waals surface area contributed by atoms with E-state index < -0.39 is 0 Å².